The van der Waals surface area contributed by atoms with Crippen LogP contribution in [-0.4, -0.2) is 14.8 Å². The summed E-state index contributed by atoms with van der Waals surface area (Å²) in [5.41, 5.74) is 4.27. The number of aryl methyl sites for hydroxylation is 1. The van der Waals surface area contributed by atoms with Crippen molar-refractivity contribution in [1.29, 1.82) is 0 Å². The number of aromatic nitrogens is 3. The molecule has 0 amide bonds. The molecule has 2 N–H and O–H groups in total. The predicted octanol–water partition coefficient (Wildman–Crippen LogP) is 2.22. The van der Waals surface area contributed by atoms with Crippen LogP contribution in [0.5, 0.6) is 0 Å². The van der Waals surface area contributed by atoms with Gasteiger partial charge in [-0.2, -0.15) is 18.3 Å². The molecule has 0 saturated carbocycles. The maximum absolute atomic E-state index is 13.9. The Kier molecular flexibility index (Phi) is 3.76. The highest BCUT2D eigenvalue weighted by Gasteiger charge is 2.35. The van der Waals surface area contributed by atoms with Gasteiger partial charge < -0.3 is 5.73 Å². The lowest BCUT2D eigenvalue weighted by molar-refractivity contribution is -0.140. The second-order valence-electron chi connectivity index (χ2n) is 4.32. The Morgan fingerprint density at radius 2 is 2.05 bits per heavy atom. The third-order valence-electron chi connectivity index (χ3n) is 2.94. The SMILES string of the molecule is Cn1ncnc1CC(N)c1cccc(C(F)(F)F)c1F. The quantitative estimate of drug-likeness (QED) is 0.881. The number of nitrogens with zero attached hydrogens (tertiary/aromatic N) is 3. The number of alkyl halides is 3. The molecule has 0 aliphatic rings. The molecule has 1 heterocycles. The van der Waals surface area contributed by atoms with Crippen LogP contribution in [0.4, 0.5) is 17.6 Å². The van der Waals surface area contributed by atoms with Crippen molar-refractivity contribution in [2.24, 2.45) is 12.8 Å². The molecule has 1 atom stereocenters. The molecule has 0 bridgehead atoms. The molecule has 0 aliphatic heterocycles. The molecule has 1 aromatic heterocycles. The van der Waals surface area contributed by atoms with Crippen LogP contribution in [0.25, 0.3) is 0 Å². The number of nitrogens with two attached hydrogens (primary N) is 1. The van der Waals surface area contributed by atoms with Crippen molar-refractivity contribution in [2.75, 3.05) is 0 Å². The summed E-state index contributed by atoms with van der Waals surface area (Å²) < 4.78 is 53.2. The van der Waals surface area contributed by atoms with E-state index in [0.717, 1.165) is 6.07 Å². The second-order valence-corrected chi connectivity index (χ2v) is 4.32. The molecular formula is C12H12F4N4. The van der Waals surface area contributed by atoms with E-state index in [0.29, 0.717) is 11.9 Å². The first-order valence-electron chi connectivity index (χ1n) is 5.74. The van der Waals surface area contributed by atoms with Gasteiger partial charge in [0.25, 0.3) is 0 Å². The van der Waals surface area contributed by atoms with Crippen molar-refractivity contribution in [3.05, 3.63) is 47.3 Å². The second kappa shape index (κ2) is 5.20. The molecule has 20 heavy (non-hydrogen) atoms. The standard InChI is InChI=1S/C12H12F4N4/c1-20-10(18-6-19-20)5-9(17)7-3-2-4-8(11(7)13)12(14,15)16/h2-4,6,9H,5,17H2,1H3. The summed E-state index contributed by atoms with van der Waals surface area (Å²) in [6, 6.07) is 2.14. The van der Waals surface area contributed by atoms with E-state index in [2.05, 4.69) is 10.1 Å². The lowest BCUT2D eigenvalue weighted by Crippen LogP contribution is -2.19. The molecule has 0 saturated heterocycles. The van der Waals surface area contributed by atoms with Crippen LogP contribution < -0.4 is 5.73 Å². The zero-order chi connectivity index (χ0) is 14.9. The van der Waals surface area contributed by atoms with Gasteiger partial charge in [-0.25, -0.2) is 9.37 Å². The first-order chi connectivity index (χ1) is 9.30. The van der Waals surface area contributed by atoms with Gasteiger partial charge in [-0.05, 0) is 6.07 Å². The van der Waals surface area contributed by atoms with Gasteiger partial charge in [0.2, 0.25) is 0 Å². The summed E-state index contributed by atoms with van der Waals surface area (Å²) >= 11 is 0. The average molecular weight is 288 g/mol. The summed E-state index contributed by atoms with van der Waals surface area (Å²) in [6.07, 6.45) is -3.36. The minimum Gasteiger partial charge on any atom is -0.323 e. The first-order valence-corrected chi connectivity index (χ1v) is 5.74. The molecule has 1 unspecified atom stereocenters. The summed E-state index contributed by atoms with van der Waals surface area (Å²) in [5.74, 6) is -0.871. The van der Waals surface area contributed by atoms with Crippen molar-refractivity contribution >= 4 is 0 Å². The maximum atomic E-state index is 13.9. The molecule has 8 heteroatoms. The fourth-order valence-electron chi connectivity index (χ4n) is 1.87. The minimum atomic E-state index is -4.75. The Hall–Kier alpha value is -1.96. The molecule has 0 fully saturated rings. The molecular weight excluding hydrogens is 276 g/mol. The number of rotatable bonds is 3. The van der Waals surface area contributed by atoms with Crippen LogP contribution >= 0.6 is 0 Å². The molecule has 108 valence electrons. The summed E-state index contributed by atoms with van der Waals surface area (Å²) in [5, 5.41) is 3.82. The smallest absolute Gasteiger partial charge is 0.323 e. The Morgan fingerprint density at radius 3 is 2.60 bits per heavy atom. The molecule has 0 spiro atoms. The molecule has 0 radical (unpaired) electrons. The summed E-state index contributed by atoms with van der Waals surface area (Å²) in [7, 11) is 1.62. The van der Waals surface area contributed by atoms with E-state index in [1.807, 2.05) is 0 Å². The van der Waals surface area contributed by atoms with Crippen LogP contribution in [0.1, 0.15) is 23.0 Å². The number of hydrogen-bond donors (Lipinski definition) is 1. The number of hydrogen-bond acceptors (Lipinski definition) is 3. The predicted molar refractivity (Wildman–Crippen MR) is 63.0 cm³/mol. The zero-order valence-electron chi connectivity index (χ0n) is 10.5. The van der Waals surface area contributed by atoms with Crippen LogP contribution in [0.15, 0.2) is 24.5 Å². The highest BCUT2D eigenvalue weighted by molar-refractivity contribution is 5.30. The first kappa shape index (κ1) is 14.4. The van der Waals surface area contributed by atoms with Crippen molar-refractivity contribution in [1.82, 2.24) is 14.8 Å². The summed E-state index contributed by atoms with van der Waals surface area (Å²) in [4.78, 5) is 3.91. The Labute approximate surface area is 112 Å². The van der Waals surface area contributed by atoms with E-state index in [1.165, 1.54) is 17.1 Å². The van der Waals surface area contributed by atoms with Gasteiger partial charge in [0.05, 0.1) is 5.56 Å². The van der Waals surface area contributed by atoms with Gasteiger partial charge in [-0.3, -0.25) is 4.68 Å². The molecule has 2 aromatic rings. The lowest BCUT2D eigenvalue weighted by Gasteiger charge is -2.15. The van der Waals surface area contributed by atoms with Crippen molar-refractivity contribution in [2.45, 2.75) is 18.6 Å². The van der Waals surface area contributed by atoms with Crippen LogP contribution in [0.2, 0.25) is 0 Å². The minimum absolute atomic E-state index is 0.0920. The van der Waals surface area contributed by atoms with Gasteiger partial charge in [-0.15, -0.1) is 0 Å². The van der Waals surface area contributed by atoms with Crippen molar-refractivity contribution in [3.8, 4) is 0 Å². The fourth-order valence-corrected chi connectivity index (χ4v) is 1.87. The maximum Gasteiger partial charge on any atom is 0.419 e. The van der Waals surface area contributed by atoms with Gasteiger partial charge in [0.15, 0.2) is 0 Å². The third-order valence-corrected chi connectivity index (χ3v) is 2.94. The van der Waals surface area contributed by atoms with E-state index in [1.54, 1.807) is 7.05 Å². The molecule has 0 aliphatic carbocycles. The monoisotopic (exact) mass is 288 g/mol. The number of halogens is 4. The highest BCUT2D eigenvalue weighted by Crippen LogP contribution is 2.33. The highest BCUT2D eigenvalue weighted by atomic mass is 19.4. The normalized spacial score (nSPS) is 13.5. The van der Waals surface area contributed by atoms with E-state index >= 15 is 0 Å². The van der Waals surface area contributed by atoms with E-state index < -0.39 is 23.6 Å². The molecule has 2 rings (SSSR count). The number of benzene rings is 1. The Bertz CT molecular complexity index is 606. The van der Waals surface area contributed by atoms with Gasteiger partial charge in [-0.1, -0.05) is 12.1 Å². The van der Waals surface area contributed by atoms with E-state index in [-0.39, 0.29) is 12.0 Å². The van der Waals surface area contributed by atoms with Gasteiger partial charge in [0, 0.05) is 25.1 Å². The Morgan fingerprint density at radius 1 is 1.35 bits per heavy atom. The average Bonchev–Trinajstić information content (AvgIpc) is 2.73. The van der Waals surface area contributed by atoms with Crippen molar-refractivity contribution in [3.63, 3.8) is 0 Å². The van der Waals surface area contributed by atoms with Crippen molar-refractivity contribution < 1.29 is 17.6 Å². The largest absolute Gasteiger partial charge is 0.419 e. The van der Waals surface area contributed by atoms with E-state index in [4.69, 9.17) is 5.73 Å². The lowest BCUT2D eigenvalue weighted by atomic mass is 10.0. The van der Waals surface area contributed by atoms with E-state index in [9.17, 15) is 17.6 Å². The summed E-state index contributed by atoms with van der Waals surface area (Å²) in [6.45, 7) is 0. The van der Waals surface area contributed by atoms with Crippen LogP contribution in [-0.2, 0) is 19.6 Å². The third kappa shape index (κ3) is 2.79. The van der Waals surface area contributed by atoms with Crippen LogP contribution in [0.3, 0.4) is 0 Å². The zero-order valence-corrected chi connectivity index (χ0v) is 10.5. The van der Waals surface area contributed by atoms with Gasteiger partial charge >= 0.3 is 6.18 Å². The Balaban J connectivity index is 2.31. The van der Waals surface area contributed by atoms with Crippen LogP contribution in [0, 0.1) is 5.82 Å². The topological polar surface area (TPSA) is 56.7 Å². The fraction of sp³-hybridized carbons (Fsp3) is 0.333. The van der Waals surface area contributed by atoms with Gasteiger partial charge in [0.1, 0.15) is 18.0 Å². The molecule has 4 nitrogen and oxygen atoms in total. The molecule has 1 aromatic carbocycles.